The Morgan fingerprint density at radius 1 is 1.14 bits per heavy atom. The fourth-order valence-corrected chi connectivity index (χ4v) is 3.73. The van der Waals surface area contributed by atoms with Crippen molar-refractivity contribution >= 4 is 24.2 Å². The van der Waals surface area contributed by atoms with Crippen LogP contribution >= 0.6 is 12.2 Å². The third-order valence-corrected chi connectivity index (χ3v) is 5.72. The summed E-state index contributed by atoms with van der Waals surface area (Å²) in [6, 6.07) is 12.6. The highest BCUT2D eigenvalue weighted by molar-refractivity contribution is 7.71. The lowest BCUT2D eigenvalue weighted by molar-refractivity contribution is 0.112. The highest BCUT2D eigenvalue weighted by Crippen LogP contribution is 2.29. The van der Waals surface area contributed by atoms with E-state index in [9.17, 15) is 4.79 Å². The summed E-state index contributed by atoms with van der Waals surface area (Å²) < 4.78 is 2.50. The normalized spacial score (nSPS) is 11.1. The minimum Gasteiger partial charge on any atom is -0.372 e. The van der Waals surface area contributed by atoms with Crippen LogP contribution < -0.4 is 4.90 Å². The zero-order chi connectivity index (χ0) is 21.1. The third-order valence-electron chi connectivity index (χ3n) is 5.44. The molecule has 3 aromatic rings. The molecule has 1 heterocycles. The van der Waals surface area contributed by atoms with Crippen LogP contribution in [-0.4, -0.2) is 34.1 Å². The van der Waals surface area contributed by atoms with E-state index in [4.69, 9.17) is 12.2 Å². The molecule has 1 N–H and O–H groups in total. The van der Waals surface area contributed by atoms with E-state index in [2.05, 4.69) is 61.1 Å². The van der Waals surface area contributed by atoms with Crippen LogP contribution in [0.15, 0.2) is 36.4 Å². The summed E-state index contributed by atoms with van der Waals surface area (Å²) in [5.74, 6) is 0.740. The van der Waals surface area contributed by atoms with Crippen molar-refractivity contribution in [3.8, 4) is 17.1 Å². The molecule has 0 aliphatic carbocycles. The molecule has 0 aliphatic rings. The molecule has 0 spiro atoms. The zero-order valence-electron chi connectivity index (χ0n) is 17.7. The van der Waals surface area contributed by atoms with E-state index in [0.29, 0.717) is 16.4 Å². The molecule has 6 heteroatoms. The van der Waals surface area contributed by atoms with E-state index in [1.54, 1.807) is 0 Å². The number of aryl methyl sites for hydroxylation is 2. The largest absolute Gasteiger partial charge is 0.372 e. The summed E-state index contributed by atoms with van der Waals surface area (Å²) in [6.45, 7) is 8.58. The highest BCUT2D eigenvalue weighted by Gasteiger charge is 2.16. The Labute approximate surface area is 177 Å². The first-order valence-corrected chi connectivity index (χ1v) is 10.4. The van der Waals surface area contributed by atoms with Crippen LogP contribution in [0.5, 0.6) is 0 Å². The van der Waals surface area contributed by atoms with Crippen molar-refractivity contribution in [2.75, 3.05) is 11.9 Å². The number of aldehydes is 1. The molecule has 29 heavy (non-hydrogen) atoms. The number of aromatic nitrogens is 3. The van der Waals surface area contributed by atoms with Gasteiger partial charge >= 0.3 is 0 Å². The second-order valence-corrected chi connectivity index (χ2v) is 7.83. The minimum absolute atomic E-state index is 0.385. The summed E-state index contributed by atoms with van der Waals surface area (Å²) in [5, 5.41) is 7.42. The average Bonchev–Trinajstić information content (AvgIpc) is 3.13. The number of nitrogens with one attached hydrogen (secondary N) is 1. The van der Waals surface area contributed by atoms with Crippen molar-refractivity contribution in [2.45, 2.75) is 46.6 Å². The lowest BCUT2D eigenvalue weighted by Gasteiger charge is -2.27. The van der Waals surface area contributed by atoms with Crippen molar-refractivity contribution in [1.29, 1.82) is 0 Å². The van der Waals surface area contributed by atoms with Gasteiger partial charge in [-0.15, -0.1) is 0 Å². The van der Waals surface area contributed by atoms with Gasteiger partial charge in [-0.3, -0.25) is 14.5 Å². The standard InChI is InChI=1S/C23H28N4OS/c1-6-16-10-11-20(13-21(16)26(5)15(3)4)27-22(24-25-23(27)29)18-8-9-19(14-28)17(7-2)12-18/h8-15H,6-7H2,1-5H3,(H,25,29). The molecule has 0 atom stereocenters. The first-order chi connectivity index (χ1) is 13.9. The van der Waals surface area contributed by atoms with E-state index in [1.807, 2.05) is 29.7 Å². The zero-order valence-corrected chi connectivity index (χ0v) is 18.5. The van der Waals surface area contributed by atoms with Crippen molar-refractivity contribution < 1.29 is 4.79 Å². The number of H-pyrrole nitrogens is 1. The number of benzene rings is 2. The first kappa shape index (κ1) is 21.0. The fourth-order valence-electron chi connectivity index (χ4n) is 3.49. The number of hydrogen-bond donors (Lipinski definition) is 1. The third kappa shape index (κ3) is 4.03. The van der Waals surface area contributed by atoms with Gasteiger partial charge in [0.15, 0.2) is 10.6 Å². The number of aromatic amines is 1. The predicted molar refractivity (Wildman–Crippen MR) is 122 cm³/mol. The SMILES string of the molecule is CCc1cc(-c2n[nH]c(=S)n2-c2ccc(CC)c(N(C)C(C)C)c2)ccc1C=O. The summed E-state index contributed by atoms with van der Waals surface area (Å²) in [7, 11) is 2.12. The van der Waals surface area contributed by atoms with Gasteiger partial charge in [-0.05, 0) is 68.2 Å². The number of carbonyl (C=O) groups is 1. The second-order valence-electron chi connectivity index (χ2n) is 7.44. The second kappa shape index (κ2) is 8.74. The van der Waals surface area contributed by atoms with Gasteiger partial charge in [0.05, 0.1) is 5.69 Å². The molecule has 0 saturated heterocycles. The fraction of sp³-hybridized carbons (Fsp3) is 0.348. The molecule has 0 radical (unpaired) electrons. The van der Waals surface area contributed by atoms with Crippen molar-refractivity contribution in [3.63, 3.8) is 0 Å². The summed E-state index contributed by atoms with van der Waals surface area (Å²) in [6.07, 6.45) is 2.64. The van der Waals surface area contributed by atoms with Gasteiger partial charge in [-0.2, -0.15) is 5.10 Å². The Morgan fingerprint density at radius 3 is 2.48 bits per heavy atom. The monoisotopic (exact) mass is 408 g/mol. The Morgan fingerprint density at radius 2 is 1.86 bits per heavy atom. The molecular formula is C23H28N4OS. The highest BCUT2D eigenvalue weighted by atomic mass is 32.1. The number of rotatable bonds is 7. The van der Waals surface area contributed by atoms with Crippen molar-refractivity contribution in [2.24, 2.45) is 0 Å². The topological polar surface area (TPSA) is 53.9 Å². The maximum absolute atomic E-state index is 11.3. The number of hydrogen-bond acceptors (Lipinski definition) is 4. The maximum Gasteiger partial charge on any atom is 0.200 e. The summed E-state index contributed by atoms with van der Waals surface area (Å²) >= 11 is 5.56. The molecule has 0 unspecified atom stereocenters. The van der Waals surface area contributed by atoms with Gasteiger partial charge in [0, 0.05) is 29.9 Å². The number of nitrogens with zero attached hydrogens (tertiary/aromatic N) is 3. The molecule has 0 saturated carbocycles. The molecule has 0 fully saturated rings. The molecule has 0 amide bonds. The van der Waals surface area contributed by atoms with E-state index in [1.165, 1.54) is 11.3 Å². The van der Waals surface area contributed by atoms with E-state index in [-0.39, 0.29) is 0 Å². The van der Waals surface area contributed by atoms with Crippen molar-refractivity contribution in [3.05, 3.63) is 57.9 Å². The van der Waals surface area contributed by atoms with Gasteiger partial charge in [-0.1, -0.05) is 32.0 Å². The Hall–Kier alpha value is -2.73. The van der Waals surface area contributed by atoms with Crippen LogP contribution in [0.1, 0.15) is 49.2 Å². The van der Waals surface area contributed by atoms with Crippen LogP contribution in [0.2, 0.25) is 0 Å². The summed E-state index contributed by atoms with van der Waals surface area (Å²) in [5.41, 5.74) is 6.10. The van der Waals surface area contributed by atoms with Gasteiger partial charge < -0.3 is 4.90 Å². The number of carbonyl (C=O) groups excluding carboxylic acids is 1. The van der Waals surface area contributed by atoms with E-state index in [0.717, 1.165) is 41.8 Å². The lowest BCUT2D eigenvalue weighted by Crippen LogP contribution is -2.26. The van der Waals surface area contributed by atoms with Crippen LogP contribution in [0.4, 0.5) is 5.69 Å². The molecule has 2 aromatic carbocycles. The quantitative estimate of drug-likeness (QED) is 0.421. The van der Waals surface area contributed by atoms with Gasteiger partial charge in [-0.25, -0.2) is 0 Å². The molecule has 0 bridgehead atoms. The molecule has 5 nitrogen and oxygen atoms in total. The van der Waals surface area contributed by atoms with Crippen LogP contribution in [0.3, 0.4) is 0 Å². The molecular weight excluding hydrogens is 380 g/mol. The van der Waals surface area contributed by atoms with Crippen LogP contribution in [0, 0.1) is 4.77 Å². The molecule has 0 aliphatic heterocycles. The van der Waals surface area contributed by atoms with Crippen molar-refractivity contribution in [1.82, 2.24) is 14.8 Å². The van der Waals surface area contributed by atoms with Gasteiger partial charge in [0.2, 0.25) is 0 Å². The molecule has 3 rings (SSSR count). The average molecular weight is 409 g/mol. The predicted octanol–water partition coefficient (Wildman–Crippen LogP) is 5.38. The van der Waals surface area contributed by atoms with Gasteiger partial charge in [0.1, 0.15) is 6.29 Å². The van der Waals surface area contributed by atoms with Crippen LogP contribution in [-0.2, 0) is 12.8 Å². The smallest absolute Gasteiger partial charge is 0.200 e. The molecule has 1 aromatic heterocycles. The number of anilines is 1. The Kier molecular flexibility index (Phi) is 6.33. The van der Waals surface area contributed by atoms with E-state index >= 15 is 0 Å². The van der Waals surface area contributed by atoms with Crippen LogP contribution in [0.25, 0.3) is 17.1 Å². The maximum atomic E-state index is 11.3. The first-order valence-electron chi connectivity index (χ1n) is 10.0. The minimum atomic E-state index is 0.385. The van der Waals surface area contributed by atoms with Gasteiger partial charge in [0.25, 0.3) is 0 Å². The molecule has 152 valence electrons. The van der Waals surface area contributed by atoms with E-state index < -0.39 is 0 Å². The Balaban J connectivity index is 2.17. The Bertz CT molecular complexity index is 1080. The summed E-state index contributed by atoms with van der Waals surface area (Å²) in [4.78, 5) is 13.6. The lowest BCUT2D eigenvalue weighted by atomic mass is 10.0.